The Morgan fingerprint density at radius 2 is 1.26 bits per heavy atom. The van der Waals surface area contributed by atoms with Crippen molar-refractivity contribution in [2.24, 2.45) is 11.8 Å². The highest BCUT2D eigenvalue weighted by Crippen LogP contribution is 2.53. The first-order valence-electron chi connectivity index (χ1n) is 21.7. The topological polar surface area (TPSA) is 51.8 Å². The van der Waals surface area contributed by atoms with Crippen molar-refractivity contribution in [1.82, 2.24) is 15.0 Å². The summed E-state index contributed by atoms with van der Waals surface area (Å²) in [6.07, 6.45) is 22.2. The van der Waals surface area contributed by atoms with Crippen LogP contribution in [0.3, 0.4) is 0 Å². The van der Waals surface area contributed by atoms with Gasteiger partial charge in [-0.1, -0.05) is 170 Å². The minimum Gasteiger partial charge on any atom is -0.456 e. The van der Waals surface area contributed by atoms with Crippen molar-refractivity contribution >= 4 is 33.1 Å². The molecular formula is C57H43N3O. The molecule has 0 aliphatic heterocycles. The first-order chi connectivity index (χ1) is 30.2. The molecule has 0 radical (unpaired) electrons. The molecule has 0 spiro atoms. The molecule has 0 fully saturated rings. The van der Waals surface area contributed by atoms with E-state index in [1.54, 1.807) is 0 Å². The number of hydrogen-bond acceptors (Lipinski definition) is 4. The molecule has 0 amide bonds. The van der Waals surface area contributed by atoms with E-state index in [0.29, 0.717) is 47.1 Å². The van der Waals surface area contributed by atoms with E-state index < -0.39 is 0 Å². The maximum Gasteiger partial charge on any atom is 0.164 e. The second-order valence-electron chi connectivity index (χ2n) is 17.0. The van der Waals surface area contributed by atoms with E-state index in [1.807, 2.05) is 60.7 Å². The third-order valence-corrected chi connectivity index (χ3v) is 13.5. The van der Waals surface area contributed by atoms with Crippen LogP contribution in [-0.2, 0) is 0 Å². The van der Waals surface area contributed by atoms with Gasteiger partial charge in [-0.05, 0) is 100 Å². The van der Waals surface area contributed by atoms with Gasteiger partial charge in [-0.2, -0.15) is 0 Å². The van der Waals surface area contributed by atoms with Gasteiger partial charge >= 0.3 is 0 Å². The molecule has 2 aromatic heterocycles. The van der Waals surface area contributed by atoms with E-state index >= 15 is 0 Å². The molecule has 12 rings (SSSR count). The number of nitrogens with zero attached hydrogens (tertiary/aromatic N) is 3. The summed E-state index contributed by atoms with van der Waals surface area (Å²) in [7, 11) is 0. The minimum atomic E-state index is 0.354. The number of furan rings is 1. The average molecular weight is 786 g/mol. The highest BCUT2D eigenvalue weighted by Gasteiger charge is 2.39. The summed E-state index contributed by atoms with van der Waals surface area (Å²) in [5, 5.41) is 2.24. The van der Waals surface area contributed by atoms with Crippen LogP contribution in [0.4, 0.5) is 0 Å². The van der Waals surface area contributed by atoms with E-state index in [-0.39, 0.29) is 0 Å². The second-order valence-corrected chi connectivity index (χ2v) is 17.0. The normalized spacial score (nSPS) is 21.4. The Balaban J connectivity index is 0.821. The first kappa shape index (κ1) is 35.7. The number of rotatable bonds is 6. The third-order valence-electron chi connectivity index (χ3n) is 13.5. The summed E-state index contributed by atoms with van der Waals surface area (Å²) in [6, 6.07) is 51.8. The second kappa shape index (κ2) is 14.8. The summed E-state index contributed by atoms with van der Waals surface area (Å²) in [5.74, 6) is 4.09. The molecule has 4 heteroatoms. The zero-order chi connectivity index (χ0) is 40.3. The highest BCUT2D eigenvalue weighted by molar-refractivity contribution is 6.06. The number of hydrogen-bond donors (Lipinski definition) is 0. The lowest BCUT2D eigenvalue weighted by atomic mass is 9.62. The van der Waals surface area contributed by atoms with Crippen molar-refractivity contribution in [2.45, 2.75) is 37.0 Å². The molecular weight excluding hydrogens is 743 g/mol. The summed E-state index contributed by atoms with van der Waals surface area (Å²) in [5.41, 5.74) is 14.4. The van der Waals surface area contributed by atoms with Crippen molar-refractivity contribution < 1.29 is 4.42 Å². The van der Waals surface area contributed by atoms with Gasteiger partial charge in [0.25, 0.3) is 0 Å². The Morgan fingerprint density at radius 1 is 0.525 bits per heavy atom. The van der Waals surface area contributed by atoms with Crippen molar-refractivity contribution in [3.05, 3.63) is 222 Å². The van der Waals surface area contributed by atoms with E-state index in [1.165, 1.54) is 39.0 Å². The van der Waals surface area contributed by atoms with Gasteiger partial charge in [0.1, 0.15) is 11.2 Å². The quantitative estimate of drug-likeness (QED) is 0.158. The van der Waals surface area contributed by atoms with E-state index in [2.05, 4.69) is 134 Å². The molecule has 292 valence electrons. The van der Waals surface area contributed by atoms with Crippen LogP contribution >= 0.6 is 0 Å². The molecule has 4 nitrogen and oxygen atoms in total. The zero-order valence-electron chi connectivity index (χ0n) is 33.7. The van der Waals surface area contributed by atoms with Gasteiger partial charge in [-0.3, -0.25) is 0 Å². The fourth-order valence-corrected chi connectivity index (χ4v) is 10.4. The van der Waals surface area contributed by atoms with Gasteiger partial charge in [-0.15, -0.1) is 0 Å². The predicted molar refractivity (Wildman–Crippen MR) is 249 cm³/mol. The molecule has 0 saturated carbocycles. The predicted octanol–water partition coefficient (Wildman–Crippen LogP) is 14.3. The summed E-state index contributed by atoms with van der Waals surface area (Å²) >= 11 is 0. The molecule has 0 N–H and O–H groups in total. The number of fused-ring (bicyclic) bond motifs is 9. The van der Waals surface area contributed by atoms with Crippen molar-refractivity contribution in [3.8, 4) is 34.2 Å². The highest BCUT2D eigenvalue weighted by atomic mass is 16.3. The van der Waals surface area contributed by atoms with Crippen LogP contribution in [0.1, 0.15) is 64.8 Å². The van der Waals surface area contributed by atoms with Crippen LogP contribution < -0.4 is 0 Å². The van der Waals surface area contributed by atoms with Gasteiger partial charge < -0.3 is 4.42 Å². The van der Waals surface area contributed by atoms with Gasteiger partial charge in [0.15, 0.2) is 17.5 Å². The van der Waals surface area contributed by atoms with E-state index in [9.17, 15) is 0 Å². The molecule has 5 atom stereocenters. The lowest BCUT2D eigenvalue weighted by Crippen LogP contribution is -2.29. The molecule has 61 heavy (non-hydrogen) atoms. The molecule has 4 aliphatic carbocycles. The molecule has 0 saturated heterocycles. The summed E-state index contributed by atoms with van der Waals surface area (Å²) < 4.78 is 6.53. The third kappa shape index (κ3) is 6.42. The van der Waals surface area contributed by atoms with Crippen LogP contribution in [-0.4, -0.2) is 15.0 Å². The molecule has 0 bridgehead atoms. The SMILES string of the molecule is C1=CC2c3ccccc3C3=CC=C(c4cccc(C5C=CCC(c6ccc7oc8cc(-c9nc(-c%10ccccc%10)nc(-c%10ccccc%10)n9)ccc8c7c6)C5)c4)CC3C2C=C1. The van der Waals surface area contributed by atoms with E-state index in [0.717, 1.165) is 57.9 Å². The molecule has 2 heterocycles. The van der Waals surface area contributed by atoms with Gasteiger partial charge in [0.05, 0.1) is 0 Å². The Bertz CT molecular complexity index is 3090. The summed E-state index contributed by atoms with van der Waals surface area (Å²) in [4.78, 5) is 14.8. The molecule has 5 unspecified atom stereocenters. The minimum absolute atomic E-state index is 0.354. The number of aromatic nitrogens is 3. The standard InChI is InChI=1S/C57H43N3O/c1-3-13-36(14-4-1)55-58-56(37-15-5-2-6-16-37)60-57(59-55)44-26-29-50-52-34-43(27-30-53(52)61-54(50)35-44)41-20-12-18-39(32-41)38-17-11-19-40(31-38)42-25-28-49-47-23-8-7-21-45(47)46-22-9-10-24-48(46)51(49)33-42/h1-19,21-31,34-35,39,41,46,48,51H,20,32-33H2. The van der Waals surface area contributed by atoms with Crippen LogP contribution in [0.15, 0.2) is 199 Å². The van der Waals surface area contributed by atoms with Crippen molar-refractivity contribution in [2.75, 3.05) is 0 Å². The van der Waals surface area contributed by atoms with Crippen LogP contribution in [0.25, 0.3) is 67.2 Å². The molecule has 8 aromatic rings. The van der Waals surface area contributed by atoms with E-state index in [4.69, 9.17) is 19.4 Å². The van der Waals surface area contributed by atoms with Gasteiger partial charge in [-0.25, -0.2) is 15.0 Å². The fourth-order valence-electron chi connectivity index (χ4n) is 10.4. The molecule has 6 aromatic carbocycles. The van der Waals surface area contributed by atoms with Crippen LogP contribution in [0.5, 0.6) is 0 Å². The Morgan fingerprint density at radius 3 is 2.08 bits per heavy atom. The smallest absolute Gasteiger partial charge is 0.164 e. The maximum atomic E-state index is 6.53. The van der Waals surface area contributed by atoms with Crippen LogP contribution in [0.2, 0.25) is 0 Å². The lowest BCUT2D eigenvalue weighted by Gasteiger charge is -2.42. The Labute approximate surface area is 356 Å². The monoisotopic (exact) mass is 785 g/mol. The zero-order valence-corrected chi connectivity index (χ0v) is 33.7. The maximum absolute atomic E-state index is 6.53. The number of benzene rings is 6. The Kier molecular flexibility index (Phi) is 8.69. The fraction of sp³-hybridized carbons (Fsp3) is 0.140. The summed E-state index contributed by atoms with van der Waals surface area (Å²) in [6.45, 7) is 0. The largest absolute Gasteiger partial charge is 0.456 e. The Hall–Kier alpha value is -7.17. The first-order valence-corrected chi connectivity index (χ1v) is 21.7. The number of allylic oxidation sites excluding steroid dienone is 10. The van der Waals surface area contributed by atoms with Gasteiger partial charge in [0.2, 0.25) is 0 Å². The van der Waals surface area contributed by atoms with Crippen LogP contribution in [0, 0.1) is 11.8 Å². The van der Waals surface area contributed by atoms with Gasteiger partial charge in [0, 0.05) is 39.3 Å². The van der Waals surface area contributed by atoms with Crippen molar-refractivity contribution in [1.29, 1.82) is 0 Å². The average Bonchev–Trinajstić information content (AvgIpc) is 3.72. The van der Waals surface area contributed by atoms with Crippen molar-refractivity contribution in [3.63, 3.8) is 0 Å². The lowest BCUT2D eigenvalue weighted by molar-refractivity contribution is 0.435. The molecule has 4 aliphatic rings.